The van der Waals surface area contributed by atoms with E-state index in [1.165, 1.54) is 6.07 Å². The van der Waals surface area contributed by atoms with Crippen molar-refractivity contribution < 1.29 is 13.9 Å². The van der Waals surface area contributed by atoms with Crippen LogP contribution in [0.5, 0.6) is 0 Å². The van der Waals surface area contributed by atoms with Crippen molar-refractivity contribution in [2.45, 2.75) is 31.9 Å². The Morgan fingerprint density at radius 3 is 2.90 bits per heavy atom. The summed E-state index contributed by atoms with van der Waals surface area (Å²) in [4.78, 5) is 12.6. The molecular weight excluding hydrogens is 339 g/mol. The van der Waals surface area contributed by atoms with E-state index in [4.69, 9.17) is 10.5 Å². The first-order valence-electron chi connectivity index (χ1n) is 6.95. The molecule has 3 rings (SSSR count). The second kappa shape index (κ2) is 4.76. The van der Waals surface area contributed by atoms with E-state index in [1.807, 2.05) is 13.8 Å². The van der Waals surface area contributed by atoms with Gasteiger partial charge in [-0.05, 0) is 40.5 Å². The van der Waals surface area contributed by atoms with Crippen molar-refractivity contribution in [3.05, 3.63) is 28.5 Å². The molecule has 1 aromatic carbocycles. The van der Waals surface area contributed by atoms with Gasteiger partial charge >= 0.3 is 0 Å². The molecule has 114 valence electrons. The smallest absolute Gasteiger partial charge is 0.245 e. The fourth-order valence-corrected chi connectivity index (χ4v) is 3.90. The minimum Gasteiger partial charge on any atom is -0.377 e. The summed E-state index contributed by atoms with van der Waals surface area (Å²) in [6.45, 7) is 4.53. The molecule has 1 aliphatic heterocycles. The van der Waals surface area contributed by atoms with Crippen LogP contribution in [0.2, 0.25) is 0 Å². The molecule has 0 radical (unpaired) electrons. The number of benzene rings is 1. The quantitative estimate of drug-likeness (QED) is 0.856. The number of nitrogens with one attached hydrogen (secondary N) is 1. The van der Waals surface area contributed by atoms with Crippen molar-refractivity contribution >= 4 is 27.5 Å². The Balaban J connectivity index is 1.83. The van der Waals surface area contributed by atoms with Crippen LogP contribution in [0.3, 0.4) is 0 Å². The first kappa shape index (κ1) is 14.9. The van der Waals surface area contributed by atoms with Crippen molar-refractivity contribution in [3.63, 3.8) is 0 Å². The van der Waals surface area contributed by atoms with Crippen LogP contribution in [0.4, 0.5) is 10.1 Å². The number of carbonyl (C=O) groups is 1. The van der Waals surface area contributed by atoms with E-state index in [0.717, 1.165) is 6.42 Å². The fourth-order valence-electron chi connectivity index (χ4n) is 3.65. The van der Waals surface area contributed by atoms with Gasteiger partial charge in [0.15, 0.2) is 0 Å². The standard InChI is InChI=1S/C15H18BrFN2O2/c1-14(2)12-9(5-6-21-12)15(14,18)13(20)19-8-3-4-10(16)11(17)7-8/h3-4,7,9,12H,5-6,18H2,1-2H3,(H,19,20). The number of anilines is 1. The molecule has 0 spiro atoms. The van der Waals surface area contributed by atoms with Crippen molar-refractivity contribution in [3.8, 4) is 0 Å². The Morgan fingerprint density at radius 1 is 1.52 bits per heavy atom. The van der Waals surface area contributed by atoms with Gasteiger partial charge in [-0.1, -0.05) is 13.8 Å². The monoisotopic (exact) mass is 356 g/mol. The number of ether oxygens (including phenoxy) is 1. The van der Waals surface area contributed by atoms with E-state index in [1.54, 1.807) is 12.1 Å². The molecule has 1 amide bonds. The predicted octanol–water partition coefficient (Wildman–Crippen LogP) is 2.67. The number of rotatable bonds is 2. The third kappa shape index (κ3) is 1.96. The maximum atomic E-state index is 13.5. The molecule has 1 aromatic rings. The van der Waals surface area contributed by atoms with Crippen molar-refractivity contribution in [1.29, 1.82) is 0 Å². The Labute approximate surface area is 131 Å². The molecule has 3 atom stereocenters. The lowest BCUT2D eigenvalue weighted by molar-refractivity contribution is -0.170. The van der Waals surface area contributed by atoms with Gasteiger partial charge in [0.1, 0.15) is 11.4 Å². The Bertz CT molecular complexity index is 607. The van der Waals surface area contributed by atoms with Gasteiger partial charge in [-0.3, -0.25) is 4.79 Å². The third-order valence-corrected chi connectivity index (χ3v) is 5.65. The molecule has 1 aliphatic carbocycles. The summed E-state index contributed by atoms with van der Waals surface area (Å²) in [5, 5.41) is 2.74. The average Bonchev–Trinajstić information content (AvgIpc) is 2.90. The molecule has 0 aromatic heterocycles. The van der Waals surface area contributed by atoms with Crippen LogP contribution in [-0.2, 0) is 9.53 Å². The predicted molar refractivity (Wildman–Crippen MR) is 81.3 cm³/mol. The minimum absolute atomic E-state index is 0.0211. The molecule has 1 saturated carbocycles. The fraction of sp³-hybridized carbons (Fsp3) is 0.533. The highest BCUT2D eigenvalue weighted by Gasteiger charge is 2.71. The molecule has 2 fully saturated rings. The Morgan fingerprint density at radius 2 is 2.24 bits per heavy atom. The summed E-state index contributed by atoms with van der Waals surface area (Å²) in [6.07, 6.45) is 0.807. The topological polar surface area (TPSA) is 64.3 Å². The van der Waals surface area contributed by atoms with E-state index in [9.17, 15) is 9.18 Å². The molecule has 0 bridgehead atoms. The maximum Gasteiger partial charge on any atom is 0.245 e. The summed E-state index contributed by atoms with van der Waals surface area (Å²) in [5.74, 6) is -0.678. The van der Waals surface area contributed by atoms with Gasteiger partial charge < -0.3 is 15.8 Å². The summed E-state index contributed by atoms with van der Waals surface area (Å²) in [7, 11) is 0. The lowest BCUT2D eigenvalue weighted by Crippen LogP contribution is -2.79. The van der Waals surface area contributed by atoms with E-state index >= 15 is 0 Å². The molecular formula is C15H18BrFN2O2. The van der Waals surface area contributed by atoms with Crippen LogP contribution >= 0.6 is 15.9 Å². The lowest BCUT2D eigenvalue weighted by Gasteiger charge is -2.60. The summed E-state index contributed by atoms with van der Waals surface area (Å²) >= 11 is 3.09. The summed E-state index contributed by atoms with van der Waals surface area (Å²) in [6, 6.07) is 4.48. The molecule has 21 heavy (non-hydrogen) atoms. The van der Waals surface area contributed by atoms with Gasteiger partial charge in [0.2, 0.25) is 5.91 Å². The number of hydrogen-bond donors (Lipinski definition) is 2. The number of halogens is 2. The van der Waals surface area contributed by atoms with Crippen molar-refractivity contribution in [2.75, 3.05) is 11.9 Å². The van der Waals surface area contributed by atoms with E-state index < -0.39 is 16.8 Å². The zero-order valence-corrected chi connectivity index (χ0v) is 13.5. The minimum atomic E-state index is -0.988. The first-order valence-corrected chi connectivity index (χ1v) is 7.75. The molecule has 1 saturated heterocycles. The molecule has 4 nitrogen and oxygen atoms in total. The van der Waals surface area contributed by atoms with E-state index in [0.29, 0.717) is 16.8 Å². The van der Waals surface area contributed by atoms with Crippen LogP contribution in [-0.4, -0.2) is 24.2 Å². The number of fused-ring (bicyclic) bond motifs is 1. The zero-order valence-electron chi connectivity index (χ0n) is 12.0. The highest BCUT2D eigenvalue weighted by molar-refractivity contribution is 9.10. The van der Waals surface area contributed by atoms with Crippen LogP contribution in [0, 0.1) is 17.2 Å². The zero-order chi connectivity index (χ0) is 15.4. The summed E-state index contributed by atoms with van der Waals surface area (Å²) < 4.78 is 19.6. The van der Waals surface area contributed by atoms with Crippen LogP contribution in [0.15, 0.2) is 22.7 Å². The van der Waals surface area contributed by atoms with Gasteiger partial charge in [-0.25, -0.2) is 4.39 Å². The van der Waals surface area contributed by atoms with Gasteiger partial charge in [0, 0.05) is 23.6 Å². The normalized spacial score (nSPS) is 33.2. The number of nitrogens with two attached hydrogens (primary N) is 1. The van der Waals surface area contributed by atoms with Gasteiger partial charge in [-0.2, -0.15) is 0 Å². The second-order valence-electron chi connectivity index (χ2n) is 6.36. The van der Waals surface area contributed by atoms with Gasteiger partial charge in [-0.15, -0.1) is 0 Å². The molecule has 2 aliphatic rings. The first-order chi connectivity index (χ1) is 9.78. The summed E-state index contributed by atoms with van der Waals surface area (Å²) in [5.41, 5.74) is 5.41. The van der Waals surface area contributed by atoms with Crippen LogP contribution in [0.25, 0.3) is 0 Å². The molecule has 3 N–H and O–H groups in total. The van der Waals surface area contributed by atoms with Crippen molar-refractivity contribution in [2.24, 2.45) is 17.1 Å². The lowest BCUT2D eigenvalue weighted by atomic mass is 9.48. The van der Waals surface area contributed by atoms with E-state index in [-0.39, 0.29) is 17.9 Å². The highest BCUT2D eigenvalue weighted by atomic mass is 79.9. The highest BCUT2D eigenvalue weighted by Crippen LogP contribution is 2.58. The SMILES string of the molecule is CC1(C)C2OCCC2C1(N)C(=O)Nc1ccc(Br)c(F)c1. The second-order valence-corrected chi connectivity index (χ2v) is 7.21. The molecule has 3 unspecified atom stereocenters. The van der Waals surface area contributed by atoms with Gasteiger partial charge in [0.05, 0.1) is 10.6 Å². The number of carbonyl (C=O) groups excluding carboxylic acids is 1. The average molecular weight is 357 g/mol. The number of hydrogen-bond acceptors (Lipinski definition) is 3. The Hall–Kier alpha value is -0.980. The number of amides is 1. The maximum absolute atomic E-state index is 13.5. The largest absolute Gasteiger partial charge is 0.377 e. The van der Waals surface area contributed by atoms with Crippen LogP contribution in [0.1, 0.15) is 20.3 Å². The molecule has 1 heterocycles. The van der Waals surface area contributed by atoms with Crippen LogP contribution < -0.4 is 11.1 Å². The Kier molecular flexibility index (Phi) is 3.39. The van der Waals surface area contributed by atoms with Crippen molar-refractivity contribution in [1.82, 2.24) is 0 Å². The molecule has 6 heteroatoms. The van der Waals surface area contributed by atoms with E-state index in [2.05, 4.69) is 21.2 Å². The van der Waals surface area contributed by atoms with Gasteiger partial charge in [0.25, 0.3) is 0 Å². The third-order valence-electron chi connectivity index (χ3n) is 5.01.